The molecule has 0 radical (unpaired) electrons. The Morgan fingerprint density at radius 2 is 2.28 bits per heavy atom. The maximum Gasteiger partial charge on any atom is 0.182 e. The molecule has 0 saturated carbocycles. The van der Waals surface area contributed by atoms with Crippen LogP contribution in [-0.4, -0.2) is 56.5 Å². The molecule has 4 rings (SSSR count). The van der Waals surface area contributed by atoms with Gasteiger partial charge < -0.3 is 14.8 Å². The fourth-order valence-corrected chi connectivity index (χ4v) is 3.71. The third kappa shape index (κ3) is 3.61. The van der Waals surface area contributed by atoms with E-state index in [1.807, 2.05) is 18.5 Å². The average Bonchev–Trinajstić information content (AvgIpc) is 3.11. The van der Waals surface area contributed by atoms with E-state index in [1.165, 1.54) is 18.4 Å². The van der Waals surface area contributed by atoms with Gasteiger partial charge in [-0.15, -0.1) is 0 Å². The van der Waals surface area contributed by atoms with Crippen molar-refractivity contribution < 1.29 is 0 Å². The zero-order valence-electron chi connectivity index (χ0n) is 14.5. The van der Waals surface area contributed by atoms with Crippen molar-refractivity contribution in [1.29, 1.82) is 0 Å². The highest BCUT2D eigenvalue weighted by Crippen LogP contribution is 2.26. The summed E-state index contributed by atoms with van der Waals surface area (Å²) in [4.78, 5) is 25.1. The normalized spacial score (nSPS) is 18.2. The SMILES string of the molecule is CN(Cc1cccnc1)C[C@H]1CCCN(c2ncnc3nc[nH]c23)C1. The van der Waals surface area contributed by atoms with Crippen molar-refractivity contribution in [3.8, 4) is 0 Å². The Balaban J connectivity index is 1.42. The van der Waals surface area contributed by atoms with Crippen molar-refractivity contribution in [1.82, 2.24) is 29.8 Å². The number of hydrogen-bond acceptors (Lipinski definition) is 6. The predicted molar refractivity (Wildman–Crippen MR) is 97.2 cm³/mol. The van der Waals surface area contributed by atoms with Crippen molar-refractivity contribution in [2.24, 2.45) is 5.92 Å². The first kappa shape index (κ1) is 16.0. The molecule has 1 N–H and O–H groups in total. The molecule has 0 aromatic carbocycles. The van der Waals surface area contributed by atoms with Gasteiger partial charge in [0, 0.05) is 38.6 Å². The number of rotatable bonds is 5. The number of nitrogens with zero attached hydrogens (tertiary/aromatic N) is 6. The fraction of sp³-hybridized carbons (Fsp3) is 0.444. The smallest absolute Gasteiger partial charge is 0.182 e. The number of pyridine rings is 1. The van der Waals surface area contributed by atoms with E-state index < -0.39 is 0 Å². The third-order valence-corrected chi connectivity index (χ3v) is 4.77. The second kappa shape index (κ2) is 7.14. The lowest BCUT2D eigenvalue weighted by molar-refractivity contribution is 0.247. The first-order valence-electron chi connectivity index (χ1n) is 8.76. The molecule has 1 aliphatic rings. The molecule has 25 heavy (non-hydrogen) atoms. The third-order valence-electron chi connectivity index (χ3n) is 4.77. The van der Waals surface area contributed by atoms with E-state index in [-0.39, 0.29) is 0 Å². The molecule has 4 heterocycles. The van der Waals surface area contributed by atoms with Gasteiger partial charge in [0.15, 0.2) is 11.5 Å². The van der Waals surface area contributed by atoms with Gasteiger partial charge in [0.2, 0.25) is 0 Å². The summed E-state index contributed by atoms with van der Waals surface area (Å²) < 4.78 is 0. The summed E-state index contributed by atoms with van der Waals surface area (Å²) in [6.07, 6.45) is 9.50. The molecule has 1 aliphatic heterocycles. The van der Waals surface area contributed by atoms with Gasteiger partial charge in [-0.1, -0.05) is 6.07 Å². The number of anilines is 1. The second-order valence-corrected chi connectivity index (χ2v) is 6.81. The number of hydrogen-bond donors (Lipinski definition) is 1. The molecular formula is C18H23N7. The summed E-state index contributed by atoms with van der Waals surface area (Å²) in [7, 11) is 2.18. The van der Waals surface area contributed by atoms with Gasteiger partial charge >= 0.3 is 0 Å². The molecule has 0 unspecified atom stereocenters. The van der Waals surface area contributed by atoms with Crippen LogP contribution in [0.25, 0.3) is 11.2 Å². The Labute approximate surface area is 147 Å². The zero-order chi connectivity index (χ0) is 17.1. The number of fused-ring (bicyclic) bond motifs is 1. The summed E-state index contributed by atoms with van der Waals surface area (Å²) in [6.45, 7) is 4.06. The Hall–Kier alpha value is -2.54. The quantitative estimate of drug-likeness (QED) is 0.768. The lowest BCUT2D eigenvalue weighted by Crippen LogP contribution is -2.40. The lowest BCUT2D eigenvalue weighted by atomic mass is 9.97. The number of H-pyrrole nitrogens is 1. The first-order valence-corrected chi connectivity index (χ1v) is 8.76. The largest absolute Gasteiger partial charge is 0.354 e. The van der Waals surface area contributed by atoms with E-state index in [0.29, 0.717) is 5.92 Å². The van der Waals surface area contributed by atoms with Crippen molar-refractivity contribution in [2.45, 2.75) is 19.4 Å². The minimum atomic E-state index is 0.628. The highest BCUT2D eigenvalue weighted by Gasteiger charge is 2.24. The molecule has 130 valence electrons. The number of piperidine rings is 1. The predicted octanol–water partition coefficient (Wildman–Crippen LogP) is 2.10. The van der Waals surface area contributed by atoms with Gasteiger partial charge in [-0.2, -0.15) is 0 Å². The van der Waals surface area contributed by atoms with Crippen LogP contribution in [0.4, 0.5) is 5.82 Å². The first-order chi connectivity index (χ1) is 12.3. The molecule has 0 spiro atoms. The molecule has 0 aliphatic carbocycles. The fourth-order valence-electron chi connectivity index (χ4n) is 3.71. The van der Waals surface area contributed by atoms with Crippen LogP contribution in [0.15, 0.2) is 37.2 Å². The van der Waals surface area contributed by atoms with Crippen LogP contribution in [-0.2, 0) is 6.54 Å². The molecule has 7 heteroatoms. The molecule has 3 aromatic rings. The zero-order valence-corrected chi connectivity index (χ0v) is 14.5. The molecule has 1 fully saturated rings. The molecule has 7 nitrogen and oxygen atoms in total. The van der Waals surface area contributed by atoms with Crippen molar-refractivity contribution in [2.75, 3.05) is 31.6 Å². The van der Waals surface area contributed by atoms with Gasteiger partial charge in [-0.3, -0.25) is 4.98 Å². The Morgan fingerprint density at radius 3 is 3.16 bits per heavy atom. The van der Waals surface area contributed by atoms with Crippen molar-refractivity contribution in [3.63, 3.8) is 0 Å². The summed E-state index contributed by atoms with van der Waals surface area (Å²) >= 11 is 0. The topological polar surface area (TPSA) is 73.8 Å². The standard InChI is InChI=1S/C18H23N7/c1-24(9-14-4-2-6-19-8-14)10-15-5-3-7-25(11-15)18-16-17(21-12-20-16)22-13-23-18/h2,4,6,8,12-13,15H,3,5,7,9-11H2,1H3,(H,20,21,22,23)/t15-/m1/s1. The van der Waals surface area contributed by atoms with E-state index in [4.69, 9.17) is 0 Å². The lowest BCUT2D eigenvalue weighted by Gasteiger charge is -2.35. The number of nitrogens with one attached hydrogen (secondary N) is 1. The number of aromatic amines is 1. The van der Waals surface area contributed by atoms with E-state index in [0.717, 1.165) is 43.2 Å². The maximum absolute atomic E-state index is 4.51. The molecule has 1 atom stereocenters. The highest BCUT2D eigenvalue weighted by molar-refractivity contribution is 5.82. The summed E-state index contributed by atoms with van der Waals surface area (Å²) in [5, 5.41) is 0. The summed E-state index contributed by atoms with van der Waals surface area (Å²) in [5.74, 6) is 1.60. The van der Waals surface area contributed by atoms with Crippen LogP contribution in [0.2, 0.25) is 0 Å². The Kier molecular flexibility index (Phi) is 4.56. The Morgan fingerprint density at radius 1 is 1.32 bits per heavy atom. The summed E-state index contributed by atoms with van der Waals surface area (Å²) in [6, 6.07) is 4.13. The summed E-state index contributed by atoms with van der Waals surface area (Å²) in [5.41, 5.74) is 2.93. The highest BCUT2D eigenvalue weighted by atomic mass is 15.2. The van der Waals surface area contributed by atoms with Crippen LogP contribution in [0.3, 0.4) is 0 Å². The van der Waals surface area contributed by atoms with Gasteiger partial charge in [-0.25, -0.2) is 15.0 Å². The minimum absolute atomic E-state index is 0.628. The maximum atomic E-state index is 4.51. The number of imidazole rings is 1. The molecule has 0 bridgehead atoms. The van der Waals surface area contributed by atoms with Crippen LogP contribution in [0, 0.1) is 5.92 Å². The molecule has 3 aromatic heterocycles. The minimum Gasteiger partial charge on any atom is -0.354 e. The second-order valence-electron chi connectivity index (χ2n) is 6.81. The van der Waals surface area contributed by atoms with Gasteiger partial charge in [0.25, 0.3) is 0 Å². The Bertz CT molecular complexity index is 816. The van der Waals surface area contributed by atoms with Crippen LogP contribution >= 0.6 is 0 Å². The van der Waals surface area contributed by atoms with Gasteiger partial charge in [0.1, 0.15) is 11.8 Å². The average molecular weight is 337 g/mol. The van der Waals surface area contributed by atoms with Gasteiger partial charge in [-0.05, 0) is 37.4 Å². The van der Waals surface area contributed by atoms with Crippen molar-refractivity contribution >= 4 is 17.0 Å². The van der Waals surface area contributed by atoms with E-state index in [2.05, 4.69) is 47.8 Å². The van der Waals surface area contributed by atoms with Crippen molar-refractivity contribution in [3.05, 3.63) is 42.7 Å². The molecular weight excluding hydrogens is 314 g/mol. The molecule has 1 saturated heterocycles. The van der Waals surface area contributed by atoms with E-state index in [9.17, 15) is 0 Å². The van der Waals surface area contributed by atoms with E-state index in [1.54, 1.807) is 12.7 Å². The molecule has 0 amide bonds. The number of aromatic nitrogens is 5. The van der Waals surface area contributed by atoms with Crippen LogP contribution in [0.5, 0.6) is 0 Å². The van der Waals surface area contributed by atoms with Crippen LogP contribution < -0.4 is 4.90 Å². The monoisotopic (exact) mass is 337 g/mol. The van der Waals surface area contributed by atoms with Crippen LogP contribution in [0.1, 0.15) is 18.4 Å². The van der Waals surface area contributed by atoms with E-state index >= 15 is 0 Å². The van der Waals surface area contributed by atoms with Gasteiger partial charge in [0.05, 0.1) is 6.33 Å².